The molecule has 0 aliphatic heterocycles. The van der Waals surface area contributed by atoms with E-state index in [9.17, 15) is 14.3 Å². The molecule has 1 aromatic heterocycles. The smallest absolute Gasteiger partial charge is 0.319 e. The number of thiophene rings is 1. The summed E-state index contributed by atoms with van der Waals surface area (Å²) in [5.74, 6) is -0.379. The van der Waals surface area contributed by atoms with Crippen molar-refractivity contribution in [1.29, 1.82) is 0 Å². The Balaban J connectivity index is 1.92. The molecule has 0 bridgehead atoms. The van der Waals surface area contributed by atoms with Crippen LogP contribution in [0, 0.1) is 5.82 Å². The van der Waals surface area contributed by atoms with E-state index in [0.717, 1.165) is 5.56 Å². The van der Waals surface area contributed by atoms with Gasteiger partial charge in [-0.05, 0) is 53.8 Å². The molecule has 0 saturated heterocycles. The second kappa shape index (κ2) is 7.13. The van der Waals surface area contributed by atoms with Crippen LogP contribution in [0.5, 0.6) is 0 Å². The number of nitrogens with one attached hydrogen (secondary N) is 2. The predicted octanol–water partition coefficient (Wildman–Crippen LogP) is 3.64. The number of hydrogen-bond donors (Lipinski definition) is 3. The maximum Gasteiger partial charge on any atom is 0.319 e. The van der Waals surface area contributed by atoms with E-state index in [1.165, 1.54) is 29.2 Å². The van der Waals surface area contributed by atoms with Crippen molar-refractivity contribution >= 4 is 34.8 Å². The van der Waals surface area contributed by atoms with Crippen LogP contribution in [-0.2, 0) is 5.60 Å². The first-order valence-corrected chi connectivity index (χ1v) is 8.72. The quantitative estimate of drug-likeness (QED) is 0.728. The van der Waals surface area contributed by atoms with Gasteiger partial charge in [0.15, 0.2) is 0 Å². The summed E-state index contributed by atoms with van der Waals surface area (Å²) in [6, 6.07) is 5.82. The number of carbonyl (C=O) groups is 1. The first-order valence-electron chi connectivity index (χ1n) is 6.56. The Morgan fingerprint density at radius 1 is 1.45 bits per heavy atom. The van der Waals surface area contributed by atoms with Gasteiger partial charge in [0.2, 0.25) is 0 Å². The Bertz CT molecular complexity index is 645. The molecular weight excluding hydrogens is 323 g/mol. The van der Waals surface area contributed by atoms with E-state index >= 15 is 0 Å². The molecule has 22 heavy (non-hydrogen) atoms. The first kappa shape index (κ1) is 16.8. The van der Waals surface area contributed by atoms with Crippen LogP contribution >= 0.6 is 23.1 Å². The summed E-state index contributed by atoms with van der Waals surface area (Å²) in [5, 5.41) is 19.1. The summed E-state index contributed by atoms with van der Waals surface area (Å²) in [4.78, 5) is 12.4. The van der Waals surface area contributed by atoms with Crippen molar-refractivity contribution in [3.05, 3.63) is 46.4 Å². The molecular formula is C15H17FN2O2S2. The van der Waals surface area contributed by atoms with Crippen molar-refractivity contribution in [3.8, 4) is 0 Å². The van der Waals surface area contributed by atoms with Gasteiger partial charge in [0.05, 0.1) is 6.54 Å². The number of halogens is 1. The highest BCUT2D eigenvalue weighted by Gasteiger charge is 2.24. The number of benzene rings is 1. The summed E-state index contributed by atoms with van der Waals surface area (Å²) in [5.41, 5.74) is -0.0400. The Hall–Kier alpha value is -1.57. The number of carbonyl (C=O) groups excluding carboxylic acids is 1. The van der Waals surface area contributed by atoms with E-state index in [1.54, 1.807) is 31.4 Å². The molecule has 2 rings (SSSR count). The second-order valence-corrected chi connectivity index (χ2v) is 6.57. The zero-order valence-electron chi connectivity index (χ0n) is 12.2. The third-order valence-corrected chi connectivity index (χ3v) is 4.60. The van der Waals surface area contributed by atoms with Crippen LogP contribution in [0.4, 0.5) is 14.9 Å². The number of anilines is 1. The molecule has 0 saturated carbocycles. The van der Waals surface area contributed by atoms with Gasteiger partial charge in [0.1, 0.15) is 11.4 Å². The van der Waals surface area contributed by atoms with E-state index in [1.807, 2.05) is 10.8 Å². The molecule has 0 spiro atoms. The molecule has 0 aliphatic carbocycles. The molecule has 0 radical (unpaired) electrons. The van der Waals surface area contributed by atoms with E-state index < -0.39 is 11.6 Å². The molecule has 1 aromatic carbocycles. The number of thioether (sulfide) groups is 1. The van der Waals surface area contributed by atoms with Crippen molar-refractivity contribution in [2.45, 2.75) is 17.4 Å². The fourth-order valence-corrected chi connectivity index (χ4v) is 3.09. The molecule has 7 heteroatoms. The van der Waals surface area contributed by atoms with E-state index in [2.05, 4.69) is 10.6 Å². The topological polar surface area (TPSA) is 61.4 Å². The number of aliphatic hydroxyl groups is 1. The van der Waals surface area contributed by atoms with Gasteiger partial charge >= 0.3 is 6.03 Å². The minimum Gasteiger partial charge on any atom is -0.384 e. The van der Waals surface area contributed by atoms with E-state index in [0.29, 0.717) is 10.6 Å². The maximum absolute atomic E-state index is 13.6. The van der Waals surface area contributed by atoms with Gasteiger partial charge < -0.3 is 15.7 Å². The van der Waals surface area contributed by atoms with Crippen LogP contribution in [-0.4, -0.2) is 23.9 Å². The summed E-state index contributed by atoms with van der Waals surface area (Å²) < 4.78 is 13.6. The summed E-state index contributed by atoms with van der Waals surface area (Å²) >= 11 is 2.78. The Labute approximate surface area is 136 Å². The summed E-state index contributed by atoms with van der Waals surface area (Å²) in [6.45, 7) is 1.68. The zero-order valence-corrected chi connectivity index (χ0v) is 13.9. The van der Waals surface area contributed by atoms with Crippen molar-refractivity contribution in [3.63, 3.8) is 0 Å². The minimum absolute atomic E-state index is 0.0565. The molecule has 0 aliphatic rings. The SMILES string of the molecule is CSc1ccc(NC(=O)NCC(C)(O)c2ccsc2)cc1F. The lowest BCUT2D eigenvalue weighted by Gasteiger charge is -2.22. The van der Waals surface area contributed by atoms with Crippen LogP contribution in [0.3, 0.4) is 0 Å². The fourth-order valence-electron chi connectivity index (χ4n) is 1.84. The average molecular weight is 340 g/mol. The van der Waals surface area contributed by atoms with Gasteiger partial charge in [-0.1, -0.05) is 0 Å². The van der Waals surface area contributed by atoms with Gasteiger partial charge in [-0.2, -0.15) is 11.3 Å². The van der Waals surface area contributed by atoms with Crippen molar-refractivity contribution in [2.24, 2.45) is 0 Å². The van der Waals surface area contributed by atoms with Gasteiger partial charge in [-0.25, -0.2) is 9.18 Å². The average Bonchev–Trinajstić information content (AvgIpc) is 3.00. The lowest BCUT2D eigenvalue weighted by Crippen LogP contribution is -2.40. The molecule has 3 N–H and O–H groups in total. The molecule has 1 atom stereocenters. The van der Waals surface area contributed by atoms with Crippen LogP contribution in [0.2, 0.25) is 0 Å². The molecule has 1 heterocycles. The van der Waals surface area contributed by atoms with E-state index in [-0.39, 0.29) is 12.4 Å². The molecule has 0 fully saturated rings. The number of rotatable bonds is 5. The lowest BCUT2D eigenvalue weighted by molar-refractivity contribution is 0.0604. The van der Waals surface area contributed by atoms with Gasteiger partial charge in [-0.15, -0.1) is 11.8 Å². The molecule has 4 nitrogen and oxygen atoms in total. The van der Waals surface area contributed by atoms with Crippen LogP contribution in [0.1, 0.15) is 12.5 Å². The maximum atomic E-state index is 13.6. The standard InChI is InChI=1S/C15H17FN2O2S2/c1-15(20,10-5-6-22-8-10)9-17-14(19)18-11-3-4-13(21-2)12(16)7-11/h3-8,20H,9H2,1-2H3,(H2,17,18,19). The van der Waals surface area contributed by atoms with Gasteiger partial charge in [-0.3, -0.25) is 0 Å². The molecule has 2 amide bonds. The minimum atomic E-state index is -1.15. The van der Waals surface area contributed by atoms with Gasteiger partial charge in [0.25, 0.3) is 0 Å². The fraction of sp³-hybridized carbons (Fsp3) is 0.267. The summed E-state index contributed by atoms with van der Waals surface area (Å²) in [7, 11) is 0. The van der Waals surface area contributed by atoms with Crippen molar-refractivity contribution < 1.29 is 14.3 Å². The second-order valence-electron chi connectivity index (χ2n) is 4.94. The third kappa shape index (κ3) is 4.22. The monoisotopic (exact) mass is 340 g/mol. The van der Waals surface area contributed by atoms with Crippen molar-refractivity contribution in [2.75, 3.05) is 18.1 Å². The highest BCUT2D eigenvalue weighted by Crippen LogP contribution is 2.23. The van der Waals surface area contributed by atoms with Crippen LogP contribution in [0.15, 0.2) is 39.9 Å². The first-order chi connectivity index (χ1) is 10.4. The summed E-state index contributed by atoms with van der Waals surface area (Å²) in [6.07, 6.45) is 1.78. The predicted molar refractivity (Wildman–Crippen MR) is 89.1 cm³/mol. The van der Waals surface area contributed by atoms with Crippen LogP contribution < -0.4 is 10.6 Å². The van der Waals surface area contributed by atoms with Crippen LogP contribution in [0.25, 0.3) is 0 Å². The number of amides is 2. The Morgan fingerprint density at radius 3 is 2.82 bits per heavy atom. The Kier molecular flexibility index (Phi) is 5.44. The largest absolute Gasteiger partial charge is 0.384 e. The van der Waals surface area contributed by atoms with E-state index in [4.69, 9.17) is 0 Å². The Morgan fingerprint density at radius 2 is 2.23 bits per heavy atom. The van der Waals surface area contributed by atoms with Gasteiger partial charge in [0, 0.05) is 10.6 Å². The number of hydrogen-bond acceptors (Lipinski definition) is 4. The molecule has 1 unspecified atom stereocenters. The third-order valence-electron chi connectivity index (χ3n) is 3.15. The lowest BCUT2D eigenvalue weighted by atomic mass is 9.99. The molecule has 118 valence electrons. The normalized spacial score (nSPS) is 13.5. The zero-order chi connectivity index (χ0) is 16.2. The van der Waals surface area contributed by atoms with Crippen molar-refractivity contribution in [1.82, 2.24) is 5.32 Å². The molecule has 2 aromatic rings. The highest BCUT2D eigenvalue weighted by molar-refractivity contribution is 7.98. The number of urea groups is 1. The highest BCUT2D eigenvalue weighted by atomic mass is 32.2.